The second-order valence-electron chi connectivity index (χ2n) is 17.3. The molecule has 0 saturated carbocycles. The number of hydrogen-bond donors (Lipinski definition) is 4. The topological polar surface area (TPSA) is 184 Å². The molecule has 59 heavy (non-hydrogen) atoms. The van der Waals surface area contributed by atoms with Crippen molar-refractivity contribution >= 4 is 29.5 Å². The predicted molar refractivity (Wildman–Crippen MR) is 231 cm³/mol. The second kappa shape index (κ2) is 25.2. The van der Waals surface area contributed by atoms with Crippen molar-refractivity contribution in [3.05, 3.63) is 35.9 Å². The van der Waals surface area contributed by atoms with Gasteiger partial charge in [-0.15, -0.1) is 0 Å². The maximum absolute atomic E-state index is 14.5. The summed E-state index contributed by atoms with van der Waals surface area (Å²) in [5, 5.41) is 16.8. The van der Waals surface area contributed by atoms with E-state index in [9.17, 15) is 29.1 Å². The molecule has 0 radical (unpaired) electrons. The lowest BCUT2D eigenvalue weighted by Gasteiger charge is -2.41. The largest absolute Gasteiger partial charge is 0.386 e. The molecule has 0 bridgehead atoms. The highest BCUT2D eigenvalue weighted by molar-refractivity contribution is 5.92. The summed E-state index contributed by atoms with van der Waals surface area (Å²) in [4.78, 5) is 74.2. The van der Waals surface area contributed by atoms with E-state index in [0.717, 1.165) is 19.3 Å². The number of likely N-dealkylation sites (tertiary alicyclic amines) is 1. The van der Waals surface area contributed by atoms with Gasteiger partial charge in [0.2, 0.25) is 29.5 Å². The molecule has 1 fully saturated rings. The third-order valence-electron chi connectivity index (χ3n) is 12.3. The summed E-state index contributed by atoms with van der Waals surface area (Å²) in [5.74, 6) is -2.47. The molecule has 1 aliphatic heterocycles. The zero-order valence-electron chi connectivity index (χ0n) is 38.1. The summed E-state index contributed by atoms with van der Waals surface area (Å²) in [6.07, 6.45) is 2.57. The van der Waals surface area contributed by atoms with E-state index in [1.807, 2.05) is 71.9 Å². The molecule has 1 aromatic carbocycles. The van der Waals surface area contributed by atoms with Crippen molar-refractivity contribution in [2.75, 3.05) is 41.4 Å². The number of unbranched alkanes of at least 4 members (excludes halogenated alkanes) is 2. The van der Waals surface area contributed by atoms with Gasteiger partial charge in [-0.25, -0.2) is 0 Å². The molecule has 0 spiro atoms. The van der Waals surface area contributed by atoms with Crippen molar-refractivity contribution < 1.29 is 38.6 Å². The van der Waals surface area contributed by atoms with Crippen LogP contribution in [-0.2, 0) is 33.4 Å². The molecule has 336 valence electrons. The van der Waals surface area contributed by atoms with E-state index < -0.39 is 54.3 Å². The number of carbonyl (C=O) groups is 5. The lowest BCUT2D eigenvalue weighted by atomic mass is 9.89. The summed E-state index contributed by atoms with van der Waals surface area (Å²) >= 11 is 0. The van der Waals surface area contributed by atoms with Gasteiger partial charge in [-0.3, -0.25) is 24.0 Å². The highest BCUT2D eigenvalue weighted by atomic mass is 16.5. The number of hydrogen-bond acceptors (Lipinski definition) is 9. The highest BCUT2D eigenvalue weighted by Gasteiger charge is 2.43. The van der Waals surface area contributed by atoms with Crippen molar-refractivity contribution in [1.82, 2.24) is 25.3 Å². The Balaban J connectivity index is 2.26. The zero-order chi connectivity index (χ0) is 44.6. The van der Waals surface area contributed by atoms with Crippen LogP contribution in [0.1, 0.15) is 118 Å². The number of benzene rings is 1. The van der Waals surface area contributed by atoms with E-state index in [-0.39, 0.29) is 53.8 Å². The number of nitrogens with one attached hydrogen (secondary N) is 2. The number of nitrogens with zero attached hydrogens (tertiary/aromatic N) is 3. The van der Waals surface area contributed by atoms with Crippen LogP contribution >= 0.6 is 0 Å². The van der Waals surface area contributed by atoms with Gasteiger partial charge < -0.3 is 45.6 Å². The quantitative estimate of drug-likeness (QED) is 0.105. The average molecular weight is 831 g/mol. The minimum atomic E-state index is -0.893. The van der Waals surface area contributed by atoms with Gasteiger partial charge in [-0.05, 0) is 62.5 Å². The fourth-order valence-electron chi connectivity index (χ4n) is 8.51. The van der Waals surface area contributed by atoms with Crippen LogP contribution in [0.25, 0.3) is 0 Å². The molecule has 10 atom stereocenters. The van der Waals surface area contributed by atoms with Crippen LogP contribution in [-0.4, -0.2) is 133 Å². The normalized spacial score (nSPS) is 18.9. The number of carbonyl (C=O) groups excluding carboxylic acids is 5. The first kappa shape index (κ1) is 51.6. The Morgan fingerprint density at radius 3 is 2.07 bits per heavy atom. The summed E-state index contributed by atoms with van der Waals surface area (Å²) in [7, 11) is 6.42. The Morgan fingerprint density at radius 2 is 1.53 bits per heavy atom. The molecule has 1 aliphatic rings. The fourth-order valence-corrected chi connectivity index (χ4v) is 8.51. The van der Waals surface area contributed by atoms with Gasteiger partial charge >= 0.3 is 0 Å². The molecule has 1 aromatic rings. The smallest absolute Gasteiger partial charge is 0.245 e. The van der Waals surface area contributed by atoms with Gasteiger partial charge in [0.05, 0.1) is 48.8 Å². The van der Waals surface area contributed by atoms with E-state index in [0.29, 0.717) is 44.3 Å². The number of aliphatic hydroxyl groups is 1. The van der Waals surface area contributed by atoms with E-state index >= 15 is 0 Å². The van der Waals surface area contributed by atoms with Crippen molar-refractivity contribution in [2.24, 2.45) is 29.4 Å². The molecular formula is C45H78N6O8. The Labute approximate surface area is 354 Å². The maximum Gasteiger partial charge on any atom is 0.245 e. The molecular weight excluding hydrogens is 753 g/mol. The van der Waals surface area contributed by atoms with E-state index in [4.69, 9.17) is 15.2 Å². The van der Waals surface area contributed by atoms with Crippen LogP contribution in [0.2, 0.25) is 0 Å². The van der Waals surface area contributed by atoms with E-state index in [2.05, 4.69) is 10.6 Å². The third-order valence-corrected chi connectivity index (χ3v) is 12.3. The van der Waals surface area contributed by atoms with E-state index in [1.54, 1.807) is 52.0 Å². The highest BCUT2D eigenvalue weighted by Crippen LogP contribution is 2.30. The fraction of sp³-hybridized carbons (Fsp3) is 0.756. The lowest BCUT2D eigenvalue weighted by molar-refractivity contribution is -0.148. The molecule has 14 nitrogen and oxygen atoms in total. The molecule has 0 aromatic heterocycles. The predicted octanol–water partition coefficient (Wildman–Crippen LogP) is 4.29. The summed E-state index contributed by atoms with van der Waals surface area (Å²) in [6.45, 7) is 16.1. The second-order valence-corrected chi connectivity index (χ2v) is 17.3. The molecule has 0 aliphatic carbocycles. The maximum atomic E-state index is 14.5. The van der Waals surface area contributed by atoms with Crippen LogP contribution in [0.5, 0.6) is 0 Å². The number of rotatable bonds is 25. The van der Waals surface area contributed by atoms with Crippen molar-refractivity contribution in [3.63, 3.8) is 0 Å². The number of amides is 5. The van der Waals surface area contributed by atoms with Crippen LogP contribution in [0, 0.1) is 23.7 Å². The minimum Gasteiger partial charge on any atom is -0.386 e. The van der Waals surface area contributed by atoms with Crippen LogP contribution in [0.15, 0.2) is 30.3 Å². The first-order valence-corrected chi connectivity index (χ1v) is 21.8. The number of ether oxygens (including phenoxy) is 2. The molecule has 5 amide bonds. The van der Waals surface area contributed by atoms with Gasteiger partial charge in [0.1, 0.15) is 12.1 Å². The summed E-state index contributed by atoms with van der Waals surface area (Å²) in [5.41, 5.74) is 6.31. The monoisotopic (exact) mass is 831 g/mol. The van der Waals surface area contributed by atoms with Gasteiger partial charge in [-0.1, -0.05) is 91.6 Å². The SMILES string of the molecule is CC[C@H](C)[C@@H](C(CC(=O)N1CCC[C@H]1[C@H](OC)[C@@H](C)C(=O)N[C@H](C)[C@@H](O)c1ccccc1)OC)N(C)C(=O)[C@@H](NC(=O)[C@H](C(C)C)N(C)C(=O)CCCCCN)C(C)C. The first-order valence-electron chi connectivity index (χ1n) is 21.8. The number of likely N-dealkylation sites (N-methyl/N-ethyl adjacent to an activating group) is 2. The van der Waals surface area contributed by atoms with Gasteiger partial charge in [0.25, 0.3) is 0 Å². The van der Waals surface area contributed by atoms with Crippen molar-refractivity contribution in [3.8, 4) is 0 Å². The molecule has 1 heterocycles. The first-order chi connectivity index (χ1) is 27.9. The van der Waals surface area contributed by atoms with Gasteiger partial charge in [0, 0.05) is 41.3 Å². The molecule has 1 saturated heterocycles. The van der Waals surface area contributed by atoms with Crippen molar-refractivity contribution in [2.45, 2.75) is 155 Å². The standard InChI is InChI=1S/C45H78N6O8/c1-13-30(6)40(50(10)45(57)38(28(2)3)48-44(56)39(29(4)5)49(9)36(52)24-18-15-19-25-46)35(58-11)27-37(53)51-26-20-23-34(51)42(59-12)31(7)43(55)47-32(8)41(54)33-21-16-14-17-22-33/h14,16-17,21-22,28-32,34-35,38-42,54H,13,15,18-20,23-27,46H2,1-12H3,(H,47,55)(H,48,56)/t30-,31+,32+,34-,35?,38-,39-,40-,41+,42+/m0/s1. The number of nitrogens with two attached hydrogens (primary N) is 1. The molecule has 2 rings (SSSR count). The van der Waals surface area contributed by atoms with Crippen LogP contribution in [0.3, 0.4) is 0 Å². The Bertz CT molecular complexity index is 1460. The zero-order valence-corrected chi connectivity index (χ0v) is 38.1. The van der Waals surface area contributed by atoms with Gasteiger partial charge in [0.15, 0.2) is 0 Å². The summed E-state index contributed by atoms with van der Waals surface area (Å²) < 4.78 is 12.0. The number of aliphatic hydroxyl groups excluding tert-OH is 1. The minimum absolute atomic E-state index is 0.0107. The third kappa shape index (κ3) is 14.3. The van der Waals surface area contributed by atoms with Crippen LogP contribution in [0.4, 0.5) is 0 Å². The summed E-state index contributed by atoms with van der Waals surface area (Å²) in [6, 6.07) is 6.05. The van der Waals surface area contributed by atoms with E-state index in [1.165, 1.54) is 4.90 Å². The molecule has 5 N–H and O–H groups in total. The molecule has 14 heteroatoms. The Morgan fingerprint density at radius 1 is 0.881 bits per heavy atom. The van der Waals surface area contributed by atoms with Crippen LogP contribution < -0.4 is 16.4 Å². The van der Waals surface area contributed by atoms with Gasteiger partial charge in [-0.2, -0.15) is 0 Å². The Hall–Kier alpha value is -3.59. The Kier molecular flexibility index (Phi) is 22.1. The molecule has 1 unspecified atom stereocenters. The average Bonchev–Trinajstić information content (AvgIpc) is 3.70. The van der Waals surface area contributed by atoms with Crippen molar-refractivity contribution in [1.29, 1.82) is 0 Å². The number of methoxy groups -OCH3 is 2. The lowest BCUT2D eigenvalue weighted by Crippen LogP contribution is -2.60.